The van der Waals surface area contributed by atoms with Gasteiger partial charge in [-0.1, -0.05) is 6.92 Å². The number of likely N-dealkylation sites (N-methyl/N-ethyl adjacent to an activating group) is 2. The molecule has 0 spiro atoms. The standard InChI is InChI=1S/C14H26N2S/c1-7-11-8-9-12(17-11)10-13(15-4)14(2,3)16(5)6/h8-9,13,15H,7,10H2,1-6H3. The number of hydrogen-bond acceptors (Lipinski definition) is 3. The fourth-order valence-electron chi connectivity index (χ4n) is 1.94. The van der Waals surface area contributed by atoms with Crippen molar-refractivity contribution < 1.29 is 0 Å². The van der Waals surface area contributed by atoms with Crippen LogP contribution in [0.25, 0.3) is 0 Å². The second-order valence-corrected chi connectivity index (χ2v) is 6.57. The van der Waals surface area contributed by atoms with E-state index in [1.54, 1.807) is 0 Å². The van der Waals surface area contributed by atoms with Gasteiger partial charge in [0.15, 0.2) is 0 Å². The summed E-state index contributed by atoms with van der Waals surface area (Å²) in [5.74, 6) is 0. The summed E-state index contributed by atoms with van der Waals surface area (Å²) in [5, 5.41) is 3.46. The van der Waals surface area contributed by atoms with E-state index in [0.29, 0.717) is 6.04 Å². The van der Waals surface area contributed by atoms with Crippen LogP contribution in [0.15, 0.2) is 12.1 Å². The molecule has 3 heteroatoms. The number of aryl methyl sites for hydroxylation is 1. The molecule has 1 unspecified atom stereocenters. The fraction of sp³-hybridized carbons (Fsp3) is 0.714. The maximum Gasteiger partial charge on any atom is 0.0303 e. The number of rotatable bonds is 6. The van der Waals surface area contributed by atoms with Gasteiger partial charge in [0.2, 0.25) is 0 Å². The lowest BCUT2D eigenvalue weighted by atomic mass is 9.90. The first-order chi connectivity index (χ1) is 7.91. The van der Waals surface area contributed by atoms with Crippen molar-refractivity contribution in [1.82, 2.24) is 10.2 Å². The third-order valence-electron chi connectivity index (χ3n) is 3.82. The van der Waals surface area contributed by atoms with Gasteiger partial charge in [-0.15, -0.1) is 11.3 Å². The van der Waals surface area contributed by atoms with Crippen molar-refractivity contribution in [2.24, 2.45) is 0 Å². The quantitative estimate of drug-likeness (QED) is 0.840. The molecule has 17 heavy (non-hydrogen) atoms. The molecule has 0 fully saturated rings. The number of hydrogen-bond donors (Lipinski definition) is 1. The van der Waals surface area contributed by atoms with Crippen LogP contribution >= 0.6 is 11.3 Å². The summed E-state index contributed by atoms with van der Waals surface area (Å²) in [7, 11) is 6.36. The topological polar surface area (TPSA) is 15.3 Å². The Kier molecular flexibility index (Phi) is 5.17. The third kappa shape index (κ3) is 3.54. The average molecular weight is 254 g/mol. The Hall–Kier alpha value is -0.380. The van der Waals surface area contributed by atoms with Crippen LogP contribution in [-0.4, -0.2) is 37.6 Å². The Balaban J connectivity index is 2.76. The van der Waals surface area contributed by atoms with E-state index in [0.717, 1.165) is 12.8 Å². The molecule has 2 nitrogen and oxygen atoms in total. The first kappa shape index (κ1) is 14.7. The van der Waals surface area contributed by atoms with Crippen molar-refractivity contribution in [3.05, 3.63) is 21.9 Å². The molecule has 1 N–H and O–H groups in total. The molecular formula is C14H26N2S. The monoisotopic (exact) mass is 254 g/mol. The van der Waals surface area contributed by atoms with E-state index in [1.807, 2.05) is 11.3 Å². The van der Waals surface area contributed by atoms with E-state index < -0.39 is 0 Å². The van der Waals surface area contributed by atoms with Crippen molar-refractivity contribution >= 4 is 11.3 Å². The molecule has 1 aromatic heterocycles. The van der Waals surface area contributed by atoms with Gasteiger partial charge in [0.05, 0.1) is 0 Å². The maximum atomic E-state index is 3.46. The van der Waals surface area contributed by atoms with Crippen molar-refractivity contribution in [1.29, 1.82) is 0 Å². The molecule has 1 atom stereocenters. The van der Waals surface area contributed by atoms with Gasteiger partial charge in [0, 0.05) is 21.3 Å². The van der Waals surface area contributed by atoms with Crippen LogP contribution in [0.3, 0.4) is 0 Å². The minimum atomic E-state index is 0.158. The Labute approximate surface area is 110 Å². The highest BCUT2D eigenvalue weighted by atomic mass is 32.1. The van der Waals surface area contributed by atoms with E-state index in [9.17, 15) is 0 Å². The summed E-state index contributed by atoms with van der Waals surface area (Å²) in [5.41, 5.74) is 0.158. The summed E-state index contributed by atoms with van der Waals surface area (Å²) < 4.78 is 0. The molecule has 0 aromatic carbocycles. The zero-order valence-electron chi connectivity index (χ0n) is 12.0. The van der Waals surface area contributed by atoms with Crippen LogP contribution in [0.2, 0.25) is 0 Å². The van der Waals surface area contributed by atoms with Crippen molar-refractivity contribution in [3.63, 3.8) is 0 Å². The fourth-order valence-corrected chi connectivity index (χ4v) is 2.94. The van der Waals surface area contributed by atoms with Crippen LogP contribution in [0, 0.1) is 0 Å². The summed E-state index contributed by atoms with van der Waals surface area (Å²) in [6.07, 6.45) is 2.25. The van der Waals surface area contributed by atoms with Gasteiger partial charge in [0.1, 0.15) is 0 Å². The summed E-state index contributed by atoms with van der Waals surface area (Å²) >= 11 is 1.95. The van der Waals surface area contributed by atoms with Gasteiger partial charge < -0.3 is 10.2 Å². The minimum absolute atomic E-state index is 0.158. The predicted octanol–water partition coefficient (Wildman–Crippen LogP) is 2.78. The van der Waals surface area contributed by atoms with Crippen LogP contribution in [0.1, 0.15) is 30.5 Å². The molecule has 1 rings (SSSR count). The molecule has 1 aromatic rings. The lowest BCUT2D eigenvalue weighted by molar-refractivity contribution is 0.142. The van der Waals surface area contributed by atoms with Gasteiger partial charge in [-0.05, 0) is 60.0 Å². The van der Waals surface area contributed by atoms with Crippen LogP contribution in [0.4, 0.5) is 0 Å². The first-order valence-corrected chi connectivity index (χ1v) is 7.15. The van der Waals surface area contributed by atoms with E-state index in [-0.39, 0.29) is 5.54 Å². The summed E-state index contributed by atoms with van der Waals surface area (Å²) in [6.45, 7) is 6.81. The highest BCUT2D eigenvalue weighted by Gasteiger charge is 2.30. The van der Waals surface area contributed by atoms with E-state index in [4.69, 9.17) is 0 Å². The van der Waals surface area contributed by atoms with Crippen LogP contribution < -0.4 is 5.32 Å². The molecule has 0 amide bonds. The first-order valence-electron chi connectivity index (χ1n) is 6.34. The molecule has 0 bridgehead atoms. The zero-order valence-corrected chi connectivity index (χ0v) is 12.8. The third-order valence-corrected chi connectivity index (χ3v) is 5.08. The van der Waals surface area contributed by atoms with Gasteiger partial charge in [-0.2, -0.15) is 0 Å². The second-order valence-electron chi connectivity index (χ2n) is 5.32. The number of thiophene rings is 1. The van der Waals surface area contributed by atoms with Crippen molar-refractivity contribution in [2.45, 2.75) is 45.2 Å². The molecule has 1 heterocycles. The van der Waals surface area contributed by atoms with Gasteiger partial charge in [0.25, 0.3) is 0 Å². The molecule has 0 aliphatic heterocycles. The van der Waals surface area contributed by atoms with E-state index in [1.165, 1.54) is 9.75 Å². The number of nitrogens with one attached hydrogen (secondary N) is 1. The zero-order chi connectivity index (χ0) is 13.1. The molecule has 98 valence electrons. The lowest BCUT2D eigenvalue weighted by Crippen LogP contribution is -2.55. The molecule has 0 saturated carbocycles. The normalized spacial score (nSPS) is 14.3. The average Bonchev–Trinajstić information content (AvgIpc) is 2.73. The Morgan fingerprint density at radius 3 is 2.29 bits per heavy atom. The minimum Gasteiger partial charge on any atom is -0.315 e. The van der Waals surface area contributed by atoms with Crippen LogP contribution in [-0.2, 0) is 12.8 Å². The Morgan fingerprint density at radius 2 is 1.88 bits per heavy atom. The molecule has 0 aliphatic carbocycles. The number of nitrogens with zero attached hydrogens (tertiary/aromatic N) is 1. The smallest absolute Gasteiger partial charge is 0.0303 e. The highest BCUT2D eigenvalue weighted by molar-refractivity contribution is 7.11. The summed E-state index contributed by atoms with van der Waals surface area (Å²) in [4.78, 5) is 5.26. The second kappa shape index (κ2) is 5.98. The van der Waals surface area contributed by atoms with Gasteiger partial charge >= 0.3 is 0 Å². The molecular weight excluding hydrogens is 228 g/mol. The predicted molar refractivity (Wildman–Crippen MR) is 78.0 cm³/mol. The summed E-state index contributed by atoms with van der Waals surface area (Å²) in [6, 6.07) is 5.01. The molecule has 0 saturated heterocycles. The Bertz CT molecular complexity index is 342. The lowest BCUT2D eigenvalue weighted by Gasteiger charge is -2.40. The molecule has 0 aliphatic rings. The Morgan fingerprint density at radius 1 is 1.29 bits per heavy atom. The largest absolute Gasteiger partial charge is 0.315 e. The van der Waals surface area contributed by atoms with E-state index >= 15 is 0 Å². The van der Waals surface area contributed by atoms with E-state index in [2.05, 4.69) is 64.3 Å². The highest BCUT2D eigenvalue weighted by Crippen LogP contribution is 2.24. The van der Waals surface area contributed by atoms with Crippen molar-refractivity contribution in [2.75, 3.05) is 21.1 Å². The van der Waals surface area contributed by atoms with Crippen LogP contribution in [0.5, 0.6) is 0 Å². The molecule has 0 radical (unpaired) electrons. The van der Waals surface area contributed by atoms with Crippen molar-refractivity contribution in [3.8, 4) is 0 Å². The van der Waals surface area contributed by atoms with Gasteiger partial charge in [-0.25, -0.2) is 0 Å². The maximum absolute atomic E-state index is 3.46. The SMILES string of the molecule is CCc1ccc(CC(NC)C(C)(C)N(C)C)s1. The van der Waals surface area contributed by atoms with Gasteiger partial charge in [-0.3, -0.25) is 0 Å².